The summed E-state index contributed by atoms with van der Waals surface area (Å²) in [5, 5.41) is 15.3. The molecule has 0 spiro atoms. The van der Waals surface area contributed by atoms with E-state index in [0.717, 1.165) is 53.0 Å². The molecule has 0 aromatic heterocycles. The lowest BCUT2D eigenvalue weighted by molar-refractivity contribution is -0.124. The van der Waals surface area contributed by atoms with Crippen LogP contribution in [0.15, 0.2) is 54.6 Å². The van der Waals surface area contributed by atoms with Gasteiger partial charge in [0.2, 0.25) is 5.91 Å². The van der Waals surface area contributed by atoms with E-state index in [1.165, 1.54) is 5.56 Å². The van der Waals surface area contributed by atoms with Crippen molar-refractivity contribution in [2.75, 3.05) is 39.4 Å². The van der Waals surface area contributed by atoms with Gasteiger partial charge in [-0.15, -0.1) is 0 Å². The van der Waals surface area contributed by atoms with Crippen molar-refractivity contribution in [3.05, 3.63) is 60.2 Å². The van der Waals surface area contributed by atoms with Crippen molar-refractivity contribution in [2.45, 2.75) is 12.5 Å². The zero-order valence-electron chi connectivity index (χ0n) is 17.3. The lowest BCUT2D eigenvalue weighted by Crippen LogP contribution is -2.50. The van der Waals surface area contributed by atoms with Gasteiger partial charge in [0, 0.05) is 31.6 Å². The number of carbonyl (C=O) groups is 1. The van der Waals surface area contributed by atoms with E-state index in [1.807, 2.05) is 23.1 Å². The van der Waals surface area contributed by atoms with Gasteiger partial charge in [-0.1, -0.05) is 36.4 Å². The highest BCUT2D eigenvalue weighted by Gasteiger charge is 2.19. The highest BCUT2D eigenvalue weighted by molar-refractivity contribution is 5.89. The summed E-state index contributed by atoms with van der Waals surface area (Å²) in [4.78, 5) is 13.4. The van der Waals surface area contributed by atoms with E-state index in [2.05, 4.69) is 41.7 Å². The molecule has 0 aliphatic carbocycles. The molecule has 1 unspecified atom stereocenters. The lowest BCUT2D eigenvalue weighted by Gasteiger charge is -2.28. The molecule has 2 heterocycles. The van der Waals surface area contributed by atoms with Crippen molar-refractivity contribution in [2.24, 2.45) is 0 Å². The molecule has 5 rings (SSSR count). The number of benzene rings is 3. The molecule has 0 bridgehead atoms. The van der Waals surface area contributed by atoms with Crippen LogP contribution in [0.25, 0.3) is 21.9 Å². The number of nitrogens with one attached hydrogen (secondary N) is 1. The smallest absolute Gasteiger partial charge is 0.234 e. The number of piperazine rings is 1. The zero-order chi connectivity index (χ0) is 21.2. The molecule has 0 radical (unpaired) electrons. The van der Waals surface area contributed by atoms with E-state index in [-0.39, 0.29) is 12.5 Å². The number of aliphatic hydroxyl groups is 1. The number of hydrogen-bond donors (Lipinski definition) is 2. The van der Waals surface area contributed by atoms with Crippen molar-refractivity contribution in [1.82, 2.24) is 10.2 Å². The SMILES string of the molecule is O=C1CN(CC(O)COc2ccc3ccc(-c4cccc5c4OCC5)cc3c2)CCN1. The van der Waals surface area contributed by atoms with Crippen LogP contribution in [0.1, 0.15) is 5.56 Å². The summed E-state index contributed by atoms with van der Waals surface area (Å²) in [7, 11) is 0. The van der Waals surface area contributed by atoms with Crippen molar-refractivity contribution >= 4 is 16.7 Å². The Hall–Kier alpha value is -3.09. The predicted octanol–water partition coefficient (Wildman–Crippen LogP) is 2.61. The summed E-state index contributed by atoms with van der Waals surface area (Å²) in [5.41, 5.74) is 3.49. The molecule has 31 heavy (non-hydrogen) atoms. The maximum absolute atomic E-state index is 11.5. The lowest BCUT2D eigenvalue weighted by atomic mass is 9.98. The van der Waals surface area contributed by atoms with Crippen LogP contribution in [0.3, 0.4) is 0 Å². The van der Waals surface area contributed by atoms with Crippen LogP contribution in [0.5, 0.6) is 11.5 Å². The normalized spacial score (nSPS) is 17.1. The number of carbonyl (C=O) groups excluding carboxylic acids is 1. The number of β-amino-alcohol motifs (C(OH)–C–C–N with tert-alkyl or cyclic N) is 1. The maximum atomic E-state index is 11.5. The second-order valence-corrected chi connectivity index (χ2v) is 8.17. The molecule has 6 nitrogen and oxygen atoms in total. The van der Waals surface area contributed by atoms with Gasteiger partial charge in [0.25, 0.3) is 0 Å². The van der Waals surface area contributed by atoms with Crippen molar-refractivity contribution in [1.29, 1.82) is 0 Å². The molecule has 2 N–H and O–H groups in total. The van der Waals surface area contributed by atoms with Crippen LogP contribution in [0.2, 0.25) is 0 Å². The number of para-hydroxylation sites is 1. The second kappa shape index (κ2) is 8.57. The molecular weight excluding hydrogens is 392 g/mol. The molecule has 2 aliphatic heterocycles. The Labute approximate surface area is 181 Å². The minimum atomic E-state index is -0.656. The summed E-state index contributed by atoms with van der Waals surface area (Å²) in [6, 6.07) is 18.7. The summed E-state index contributed by atoms with van der Waals surface area (Å²) in [6.45, 7) is 3.03. The average molecular weight is 418 g/mol. The van der Waals surface area contributed by atoms with Gasteiger partial charge in [-0.2, -0.15) is 0 Å². The third kappa shape index (κ3) is 4.36. The fourth-order valence-corrected chi connectivity index (χ4v) is 4.32. The Bertz CT molecular complexity index is 1110. The quantitative estimate of drug-likeness (QED) is 0.644. The third-order valence-electron chi connectivity index (χ3n) is 5.87. The van der Waals surface area contributed by atoms with Crippen LogP contribution in [-0.2, 0) is 11.2 Å². The Balaban J connectivity index is 1.29. The standard InChI is InChI=1S/C25H26N2O4/c28-21(14-27-10-9-26-24(29)15-27)16-31-22-7-6-17-4-5-19(12-20(17)13-22)23-3-1-2-18-8-11-30-25(18)23/h1-7,12-13,21,28H,8-11,14-16H2,(H,26,29). The van der Waals surface area contributed by atoms with Crippen LogP contribution in [0.4, 0.5) is 0 Å². The minimum absolute atomic E-state index is 0.000777. The van der Waals surface area contributed by atoms with E-state index in [9.17, 15) is 9.90 Å². The monoisotopic (exact) mass is 418 g/mol. The van der Waals surface area contributed by atoms with Gasteiger partial charge in [-0.3, -0.25) is 9.69 Å². The average Bonchev–Trinajstić information content (AvgIpc) is 3.26. The molecule has 1 amide bonds. The third-order valence-corrected chi connectivity index (χ3v) is 5.87. The first-order valence-corrected chi connectivity index (χ1v) is 10.7. The largest absolute Gasteiger partial charge is 0.492 e. The van der Waals surface area contributed by atoms with Gasteiger partial charge in [-0.05, 0) is 40.1 Å². The Morgan fingerprint density at radius 3 is 2.94 bits per heavy atom. The van der Waals surface area contributed by atoms with Crippen molar-refractivity contribution in [3.63, 3.8) is 0 Å². The van der Waals surface area contributed by atoms with Crippen LogP contribution in [-0.4, -0.2) is 61.4 Å². The summed E-state index contributed by atoms with van der Waals surface area (Å²) in [5.74, 6) is 1.71. The van der Waals surface area contributed by atoms with Gasteiger partial charge < -0.3 is 19.9 Å². The predicted molar refractivity (Wildman–Crippen MR) is 120 cm³/mol. The fourth-order valence-electron chi connectivity index (χ4n) is 4.32. The van der Waals surface area contributed by atoms with Crippen LogP contribution < -0.4 is 14.8 Å². The number of ether oxygens (including phenoxy) is 2. The van der Waals surface area contributed by atoms with Gasteiger partial charge in [0.1, 0.15) is 24.2 Å². The fraction of sp³-hybridized carbons (Fsp3) is 0.320. The van der Waals surface area contributed by atoms with Gasteiger partial charge in [-0.25, -0.2) is 0 Å². The molecule has 1 saturated heterocycles. The maximum Gasteiger partial charge on any atom is 0.234 e. The first kappa shape index (κ1) is 19.8. The Morgan fingerprint density at radius 1 is 1.13 bits per heavy atom. The number of rotatable bonds is 6. The molecule has 1 fully saturated rings. The Kier molecular flexibility index (Phi) is 5.49. The summed E-state index contributed by atoms with van der Waals surface area (Å²) in [6.07, 6.45) is 0.302. The molecule has 0 saturated carbocycles. The highest BCUT2D eigenvalue weighted by Crippen LogP contribution is 2.38. The second-order valence-electron chi connectivity index (χ2n) is 8.17. The summed E-state index contributed by atoms with van der Waals surface area (Å²) >= 11 is 0. The van der Waals surface area contributed by atoms with E-state index in [1.54, 1.807) is 0 Å². The number of nitrogens with zero attached hydrogens (tertiary/aromatic N) is 1. The Morgan fingerprint density at radius 2 is 2.03 bits per heavy atom. The first-order valence-electron chi connectivity index (χ1n) is 10.7. The molecule has 6 heteroatoms. The van der Waals surface area contributed by atoms with Gasteiger partial charge in [0.15, 0.2) is 0 Å². The first-order chi connectivity index (χ1) is 15.2. The van der Waals surface area contributed by atoms with Crippen LogP contribution in [0, 0.1) is 0 Å². The molecule has 1 atom stereocenters. The number of aliphatic hydroxyl groups excluding tert-OH is 1. The van der Waals surface area contributed by atoms with E-state index >= 15 is 0 Å². The van der Waals surface area contributed by atoms with Crippen molar-refractivity contribution in [3.8, 4) is 22.6 Å². The highest BCUT2D eigenvalue weighted by atomic mass is 16.5. The van der Waals surface area contributed by atoms with Crippen LogP contribution >= 0.6 is 0 Å². The summed E-state index contributed by atoms with van der Waals surface area (Å²) < 4.78 is 11.7. The van der Waals surface area contributed by atoms with Gasteiger partial charge in [0.05, 0.1) is 13.2 Å². The topological polar surface area (TPSA) is 71.0 Å². The molecule has 2 aliphatic rings. The minimum Gasteiger partial charge on any atom is -0.492 e. The molecule has 3 aromatic rings. The number of fused-ring (bicyclic) bond motifs is 2. The van der Waals surface area contributed by atoms with Gasteiger partial charge >= 0.3 is 0 Å². The van der Waals surface area contributed by atoms with Crippen molar-refractivity contribution < 1.29 is 19.4 Å². The van der Waals surface area contributed by atoms with E-state index < -0.39 is 6.10 Å². The molecule has 3 aromatic carbocycles. The molecular formula is C25H26N2O4. The zero-order valence-corrected chi connectivity index (χ0v) is 17.3. The van der Waals surface area contributed by atoms with E-state index in [0.29, 0.717) is 19.6 Å². The molecule has 160 valence electrons. The van der Waals surface area contributed by atoms with E-state index in [4.69, 9.17) is 9.47 Å². The number of amides is 1. The number of hydrogen-bond acceptors (Lipinski definition) is 5.